The van der Waals surface area contributed by atoms with Crippen molar-refractivity contribution in [1.29, 1.82) is 0 Å². The summed E-state index contributed by atoms with van der Waals surface area (Å²) in [5, 5.41) is 4.78. The number of nitrogens with one attached hydrogen (secondary N) is 1. The van der Waals surface area contributed by atoms with Gasteiger partial charge in [0.2, 0.25) is 0 Å². The number of aromatic nitrogens is 3. The zero-order valence-corrected chi connectivity index (χ0v) is 12.7. The zero-order valence-electron chi connectivity index (χ0n) is 11.9. The van der Waals surface area contributed by atoms with E-state index in [2.05, 4.69) is 26.3 Å². The van der Waals surface area contributed by atoms with Crippen molar-refractivity contribution in [3.63, 3.8) is 0 Å². The van der Waals surface area contributed by atoms with Gasteiger partial charge in [-0.15, -0.1) is 11.3 Å². The van der Waals surface area contributed by atoms with Crippen molar-refractivity contribution in [3.8, 4) is 0 Å². The highest BCUT2D eigenvalue weighted by molar-refractivity contribution is 7.25. The minimum Gasteiger partial charge on any atom is -0.366 e. The standard InChI is InChI=1S/C16H18N4S/c1-2-4-7-11(6-3-1)20-15-14-13(18-10-19-15)12-8-5-9-17-16(12)21-14/h5,8-11H,1-4,6-7H2,(H,18,19,20). The van der Waals surface area contributed by atoms with Gasteiger partial charge in [0.15, 0.2) is 0 Å². The molecule has 0 bridgehead atoms. The van der Waals surface area contributed by atoms with Crippen LogP contribution in [-0.2, 0) is 0 Å². The topological polar surface area (TPSA) is 50.7 Å². The van der Waals surface area contributed by atoms with Gasteiger partial charge in [-0.1, -0.05) is 25.7 Å². The molecule has 4 rings (SSSR count). The van der Waals surface area contributed by atoms with Crippen molar-refractivity contribution in [2.75, 3.05) is 5.32 Å². The van der Waals surface area contributed by atoms with Crippen LogP contribution >= 0.6 is 11.3 Å². The summed E-state index contributed by atoms with van der Waals surface area (Å²) in [6.07, 6.45) is 11.4. The summed E-state index contributed by atoms with van der Waals surface area (Å²) >= 11 is 1.68. The molecule has 0 atom stereocenters. The molecule has 1 aliphatic carbocycles. The molecule has 0 radical (unpaired) electrons. The van der Waals surface area contributed by atoms with E-state index in [0.717, 1.165) is 26.3 Å². The number of anilines is 1. The third-order valence-corrected chi connectivity index (χ3v) is 5.33. The average Bonchev–Trinajstić information content (AvgIpc) is 2.70. The fourth-order valence-corrected chi connectivity index (χ4v) is 4.18. The van der Waals surface area contributed by atoms with E-state index in [0.29, 0.717) is 6.04 Å². The lowest BCUT2D eigenvalue weighted by Gasteiger charge is -2.16. The van der Waals surface area contributed by atoms with Crippen molar-refractivity contribution in [2.45, 2.75) is 44.6 Å². The van der Waals surface area contributed by atoms with E-state index < -0.39 is 0 Å². The van der Waals surface area contributed by atoms with E-state index in [4.69, 9.17) is 0 Å². The Kier molecular flexibility index (Phi) is 3.43. The first-order chi connectivity index (χ1) is 10.4. The number of thiophene rings is 1. The van der Waals surface area contributed by atoms with Crippen LogP contribution in [0, 0.1) is 0 Å². The maximum atomic E-state index is 4.49. The van der Waals surface area contributed by atoms with Crippen LogP contribution in [0.25, 0.3) is 20.4 Å². The van der Waals surface area contributed by atoms with Gasteiger partial charge < -0.3 is 5.32 Å². The quantitative estimate of drug-likeness (QED) is 0.714. The van der Waals surface area contributed by atoms with Crippen LogP contribution in [0.15, 0.2) is 24.7 Å². The number of fused-ring (bicyclic) bond motifs is 3. The number of hydrogen-bond acceptors (Lipinski definition) is 5. The van der Waals surface area contributed by atoms with Crippen molar-refractivity contribution in [1.82, 2.24) is 15.0 Å². The van der Waals surface area contributed by atoms with Gasteiger partial charge in [0.05, 0.1) is 10.2 Å². The van der Waals surface area contributed by atoms with E-state index in [-0.39, 0.29) is 0 Å². The summed E-state index contributed by atoms with van der Waals surface area (Å²) in [7, 11) is 0. The fraction of sp³-hybridized carbons (Fsp3) is 0.438. The summed E-state index contributed by atoms with van der Waals surface area (Å²) in [5.74, 6) is 0.981. The minimum atomic E-state index is 0.545. The van der Waals surface area contributed by atoms with Crippen molar-refractivity contribution >= 4 is 37.6 Å². The van der Waals surface area contributed by atoms with E-state index in [9.17, 15) is 0 Å². The molecular weight excluding hydrogens is 280 g/mol. The molecule has 3 heterocycles. The van der Waals surface area contributed by atoms with Gasteiger partial charge in [-0.05, 0) is 25.0 Å². The van der Waals surface area contributed by atoms with Gasteiger partial charge in [-0.25, -0.2) is 15.0 Å². The monoisotopic (exact) mass is 298 g/mol. The Labute approximate surface area is 127 Å². The Morgan fingerprint density at radius 3 is 2.76 bits per heavy atom. The number of rotatable bonds is 2. The average molecular weight is 298 g/mol. The van der Waals surface area contributed by atoms with Crippen LogP contribution in [0.1, 0.15) is 38.5 Å². The van der Waals surface area contributed by atoms with Gasteiger partial charge in [0.25, 0.3) is 0 Å². The molecule has 21 heavy (non-hydrogen) atoms. The van der Waals surface area contributed by atoms with Crippen LogP contribution in [-0.4, -0.2) is 21.0 Å². The summed E-state index contributed by atoms with van der Waals surface area (Å²) in [4.78, 5) is 14.4. The Morgan fingerprint density at radius 2 is 1.90 bits per heavy atom. The molecule has 3 aromatic rings. The lowest BCUT2D eigenvalue weighted by atomic mass is 10.1. The molecule has 1 saturated carbocycles. The Morgan fingerprint density at radius 1 is 1.05 bits per heavy atom. The lowest BCUT2D eigenvalue weighted by Crippen LogP contribution is -2.19. The lowest BCUT2D eigenvalue weighted by molar-refractivity contribution is 0.618. The van der Waals surface area contributed by atoms with Gasteiger partial charge >= 0.3 is 0 Å². The molecule has 0 unspecified atom stereocenters. The third kappa shape index (κ3) is 2.46. The highest BCUT2D eigenvalue weighted by Gasteiger charge is 2.16. The molecule has 4 nitrogen and oxygen atoms in total. The van der Waals surface area contributed by atoms with E-state index >= 15 is 0 Å². The van der Waals surface area contributed by atoms with Crippen molar-refractivity contribution in [2.24, 2.45) is 0 Å². The normalized spacial score (nSPS) is 17.1. The van der Waals surface area contributed by atoms with E-state index in [1.54, 1.807) is 17.7 Å². The second-order valence-corrected chi connectivity index (χ2v) is 6.69. The summed E-state index contributed by atoms with van der Waals surface area (Å²) < 4.78 is 1.13. The molecule has 0 saturated heterocycles. The van der Waals surface area contributed by atoms with Gasteiger partial charge in [-0.2, -0.15) is 0 Å². The largest absolute Gasteiger partial charge is 0.366 e. The molecule has 1 fully saturated rings. The maximum Gasteiger partial charge on any atom is 0.147 e. The molecule has 0 aliphatic heterocycles. The second kappa shape index (κ2) is 5.56. The first-order valence-electron chi connectivity index (χ1n) is 7.66. The van der Waals surface area contributed by atoms with Crippen molar-refractivity contribution < 1.29 is 0 Å². The predicted molar refractivity (Wildman–Crippen MR) is 87.8 cm³/mol. The Balaban J connectivity index is 1.74. The predicted octanol–water partition coefficient (Wildman–Crippen LogP) is 4.37. The van der Waals surface area contributed by atoms with Crippen LogP contribution in [0.2, 0.25) is 0 Å². The first-order valence-corrected chi connectivity index (χ1v) is 8.48. The molecule has 1 aliphatic rings. The maximum absolute atomic E-state index is 4.49. The number of pyridine rings is 1. The minimum absolute atomic E-state index is 0.545. The SMILES string of the molecule is c1cnc2sc3c(NC4CCCCCC4)ncnc3c2c1. The summed E-state index contributed by atoms with van der Waals surface area (Å²) in [6.45, 7) is 0. The van der Waals surface area contributed by atoms with Gasteiger partial charge in [0.1, 0.15) is 17.0 Å². The van der Waals surface area contributed by atoms with Crippen molar-refractivity contribution in [3.05, 3.63) is 24.7 Å². The highest BCUT2D eigenvalue weighted by Crippen LogP contribution is 2.35. The molecule has 0 aromatic carbocycles. The smallest absolute Gasteiger partial charge is 0.147 e. The Bertz CT molecular complexity index is 759. The van der Waals surface area contributed by atoms with E-state index in [1.165, 1.54) is 38.5 Å². The van der Waals surface area contributed by atoms with E-state index in [1.807, 2.05) is 12.3 Å². The van der Waals surface area contributed by atoms with Gasteiger partial charge in [0, 0.05) is 17.6 Å². The van der Waals surface area contributed by atoms with Crippen LogP contribution < -0.4 is 5.32 Å². The molecule has 1 N–H and O–H groups in total. The van der Waals surface area contributed by atoms with Gasteiger partial charge in [-0.3, -0.25) is 0 Å². The molecule has 3 aromatic heterocycles. The van der Waals surface area contributed by atoms with Crippen LogP contribution in [0.5, 0.6) is 0 Å². The number of hydrogen-bond donors (Lipinski definition) is 1. The second-order valence-electron chi connectivity index (χ2n) is 5.69. The molecule has 108 valence electrons. The zero-order chi connectivity index (χ0) is 14.1. The third-order valence-electron chi connectivity index (χ3n) is 4.22. The Hall–Kier alpha value is -1.75. The molecule has 0 amide bonds. The van der Waals surface area contributed by atoms with Crippen LogP contribution in [0.3, 0.4) is 0 Å². The first kappa shape index (κ1) is 13.0. The highest BCUT2D eigenvalue weighted by atomic mass is 32.1. The van der Waals surface area contributed by atoms with Crippen LogP contribution in [0.4, 0.5) is 5.82 Å². The molecule has 0 spiro atoms. The summed E-state index contributed by atoms with van der Waals surface area (Å²) in [5.41, 5.74) is 1.02. The molecule has 5 heteroatoms. The number of nitrogens with zero attached hydrogens (tertiary/aromatic N) is 3. The summed E-state index contributed by atoms with van der Waals surface area (Å²) in [6, 6.07) is 4.60. The molecular formula is C16H18N4S. The fourth-order valence-electron chi connectivity index (χ4n) is 3.13.